The maximum atomic E-state index is 9.60. The lowest BCUT2D eigenvalue weighted by Crippen LogP contribution is -2.03. The number of carboxylic acid groups (broad SMARTS) is 1. The van der Waals surface area contributed by atoms with Crippen molar-refractivity contribution >= 4 is 5.97 Å². The molecule has 80 valence electrons. The van der Waals surface area contributed by atoms with Gasteiger partial charge in [-0.3, -0.25) is 4.79 Å². The lowest BCUT2D eigenvalue weighted by molar-refractivity contribution is -0.137. The molecule has 0 atom stereocenters. The summed E-state index contributed by atoms with van der Waals surface area (Å²) in [6.07, 6.45) is 1.02. The fourth-order valence-corrected chi connectivity index (χ4v) is 0.445. The van der Waals surface area contributed by atoms with Gasteiger partial charge in [-0.05, 0) is 6.42 Å². The topological polar surface area (TPSA) is 87.0 Å². The SMILES string of the molecule is CCCC(=O)O.OCCOCCO. The molecule has 0 saturated carbocycles. The van der Waals surface area contributed by atoms with Crippen LogP contribution in [0, 0.1) is 0 Å². The van der Waals surface area contributed by atoms with Crippen molar-refractivity contribution in [2.45, 2.75) is 19.8 Å². The Balaban J connectivity index is 0. The van der Waals surface area contributed by atoms with E-state index >= 15 is 0 Å². The first-order chi connectivity index (χ1) is 6.18. The van der Waals surface area contributed by atoms with Crippen LogP contribution in [0.25, 0.3) is 0 Å². The summed E-state index contributed by atoms with van der Waals surface area (Å²) in [6.45, 7) is 2.54. The van der Waals surface area contributed by atoms with Crippen LogP contribution in [0.15, 0.2) is 0 Å². The van der Waals surface area contributed by atoms with Gasteiger partial charge in [0.1, 0.15) is 0 Å². The zero-order valence-electron chi connectivity index (χ0n) is 7.90. The second-order valence-electron chi connectivity index (χ2n) is 2.20. The van der Waals surface area contributed by atoms with Gasteiger partial charge in [-0.15, -0.1) is 0 Å². The monoisotopic (exact) mass is 194 g/mol. The fourth-order valence-electron chi connectivity index (χ4n) is 0.445. The number of aliphatic carboxylic acids is 1. The van der Waals surface area contributed by atoms with Crippen molar-refractivity contribution in [2.75, 3.05) is 26.4 Å². The minimum atomic E-state index is -0.711. The number of hydrogen-bond acceptors (Lipinski definition) is 4. The number of ether oxygens (including phenoxy) is 1. The van der Waals surface area contributed by atoms with E-state index in [9.17, 15) is 4.79 Å². The first kappa shape index (κ1) is 14.9. The molecule has 0 aliphatic heterocycles. The molecule has 0 amide bonds. The predicted molar refractivity (Wildman–Crippen MR) is 47.5 cm³/mol. The van der Waals surface area contributed by atoms with Crippen LogP contribution in [0.4, 0.5) is 0 Å². The Kier molecular flexibility index (Phi) is 15.9. The van der Waals surface area contributed by atoms with Gasteiger partial charge in [0.15, 0.2) is 0 Å². The Morgan fingerprint density at radius 2 is 1.69 bits per heavy atom. The Morgan fingerprint density at radius 3 is 1.85 bits per heavy atom. The highest BCUT2D eigenvalue weighted by atomic mass is 16.5. The van der Waals surface area contributed by atoms with E-state index < -0.39 is 5.97 Å². The van der Waals surface area contributed by atoms with Gasteiger partial charge in [0.2, 0.25) is 0 Å². The number of rotatable bonds is 6. The second-order valence-corrected chi connectivity index (χ2v) is 2.20. The molecule has 5 heteroatoms. The Bertz CT molecular complexity index is 101. The molecule has 0 aromatic heterocycles. The largest absolute Gasteiger partial charge is 0.481 e. The van der Waals surface area contributed by atoms with Gasteiger partial charge in [0, 0.05) is 6.42 Å². The van der Waals surface area contributed by atoms with Gasteiger partial charge in [-0.1, -0.05) is 6.92 Å². The number of aliphatic hydroxyl groups excluding tert-OH is 2. The van der Waals surface area contributed by atoms with Crippen molar-refractivity contribution in [3.8, 4) is 0 Å². The van der Waals surface area contributed by atoms with E-state index in [1.165, 1.54) is 0 Å². The molecule has 0 aromatic rings. The molecule has 0 aliphatic carbocycles. The molecule has 3 N–H and O–H groups in total. The summed E-state index contributed by atoms with van der Waals surface area (Å²) in [7, 11) is 0. The third-order valence-corrected chi connectivity index (χ3v) is 0.935. The fraction of sp³-hybridized carbons (Fsp3) is 0.875. The van der Waals surface area contributed by atoms with Crippen molar-refractivity contribution in [1.29, 1.82) is 0 Å². The zero-order chi connectivity index (χ0) is 10.5. The van der Waals surface area contributed by atoms with Gasteiger partial charge in [-0.2, -0.15) is 0 Å². The summed E-state index contributed by atoms with van der Waals surface area (Å²) < 4.78 is 4.63. The predicted octanol–water partition coefficient (Wildman–Crippen LogP) is -0.141. The van der Waals surface area contributed by atoms with Crippen LogP contribution in [0.3, 0.4) is 0 Å². The van der Waals surface area contributed by atoms with Gasteiger partial charge >= 0.3 is 5.97 Å². The summed E-state index contributed by atoms with van der Waals surface area (Å²) in [4.78, 5) is 9.60. The van der Waals surface area contributed by atoms with Gasteiger partial charge in [-0.25, -0.2) is 0 Å². The van der Waals surface area contributed by atoms with Crippen molar-refractivity contribution in [3.05, 3.63) is 0 Å². The van der Waals surface area contributed by atoms with Crippen molar-refractivity contribution < 1.29 is 24.9 Å². The third kappa shape index (κ3) is 24.6. The van der Waals surface area contributed by atoms with Crippen LogP contribution in [-0.2, 0) is 9.53 Å². The average molecular weight is 194 g/mol. The molecule has 13 heavy (non-hydrogen) atoms. The summed E-state index contributed by atoms with van der Waals surface area (Å²) in [6, 6.07) is 0. The maximum Gasteiger partial charge on any atom is 0.303 e. The van der Waals surface area contributed by atoms with Crippen LogP contribution < -0.4 is 0 Å². The minimum Gasteiger partial charge on any atom is -0.481 e. The molecule has 0 radical (unpaired) electrons. The Morgan fingerprint density at radius 1 is 1.23 bits per heavy atom. The zero-order valence-corrected chi connectivity index (χ0v) is 7.90. The number of hydrogen-bond donors (Lipinski definition) is 3. The standard InChI is InChI=1S/C4H10O3.C4H8O2/c5-1-3-7-4-2-6;1-2-3-4(5)6/h5-6H,1-4H2;2-3H2,1H3,(H,5,6). The van der Waals surface area contributed by atoms with Gasteiger partial charge in [0.05, 0.1) is 26.4 Å². The highest BCUT2D eigenvalue weighted by Crippen LogP contribution is 1.82. The molecule has 0 aromatic carbocycles. The van der Waals surface area contributed by atoms with Crippen molar-refractivity contribution in [2.24, 2.45) is 0 Å². The Labute approximate surface area is 78.0 Å². The molecular formula is C8H18O5. The minimum absolute atomic E-state index is 0.0278. The van der Waals surface area contributed by atoms with Crippen LogP contribution in [0.5, 0.6) is 0 Å². The molecule has 0 saturated heterocycles. The molecule has 0 rings (SSSR count). The summed E-state index contributed by atoms with van der Waals surface area (Å²) in [5.74, 6) is -0.711. The molecular weight excluding hydrogens is 176 g/mol. The highest BCUT2D eigenvalue weighted by Gasteiger charge is 1.87. The first-order valence-electron chi connectivity index (χ1n) is 4.20. The number of carboxylic acids is 1. The molecule has 0 aliphatic rings. The van der Waals surface area contributed by atoms with Crippen molar-refractivity contribution in [3.63, 3.8) is 0 Å². The van der Waals surface area contributed by atoms with Crippen LogP contribution in [0.1, 0.15) is 19.8 Å². The Hall–Kier alpha value is -0.650. The van der Waals surface area contributed by atoms with Gasteiger partial charge < -0.3 is 20.1 Å². The van der Waals surface area contributed by atoms with E-state index in [0.717, 1.165) is 6.42 Å². The molecule has 0 heterocycles. The highest BCUT2D eigenvalue weighted by molar-refractivity contribution is 5.66. The summed E-state index contributed by atoms with van der Waals surface area (Å²) >= 11 is 0. The summed E-state index contributed by atoms with van der Waals surface area (Å²) in [5.41, 5.74) is 0. The number of carbonyl (C=O) groups is 1. The average Bonchev–Trinajstić information content (AvgIpc) is 2.06. The first-order valence-corrected chi connectivity index (χ1v) is 4.20. The second kappa shape index (κ2) is 13.9. The van der Waals surface area contributed by atoms with E-state index in [1.807, 2.05) is 6.92 Å². The molecule has 0 unspecified atom stereocenters. The van der Waals surface area contributed by atoms with E-state index in [2.05, 4.69) is 4.74 Å². The van der Waals surface area contributed by atoms with Crippen LogP contribution in [0.2, 0.25) is 0 Å². The van der Waals surface area contributed by atoms with Crippen molar-refractivity contribution in [1.82, 2.24) is 0 Å². The van der Waals surface area contributed by atoms with Gasteiger partial charge in [0.25, 0.3) is 0 Å². The maximum absolute atomic E-state index is 9.60. The smallest absolute Gasteiger partial charge is 0.303 e. The third-order valence-electron chi connectivity index (χ3n) is 0.935. The molecule has 0 spiro atoms. The normalized spacial score (nSPS) is 8.85. The van der Waals surface area contributed by atoms with Crippen LogP contribution >= 0.6 is 0 Å². The van der Waals surface area contributed by atoms with E-state index in [4.69, 9.17) is 15.3 Å². The van der Waals surface area contributed by atoms with E-state index in [0.29, 0.717) is 19.6 Å². The quantitative estimate of drug-likeness (QED) is 0.512. The lowest BCUT2D eigenvalue weighted by atomic mass is 10.4. The van der Waals surface area contributed by atoms with E-state index in [-0.39, 0.29) is 13.2 Å². The summed E-state index contributed by atoms with van der Waals surface area (Å²) in [5, 5.41) is 24.1. The van der Waals surface area contributed by atoms with Crippen LogP contribution in [-0.4, -0.2) is 47.7 Å². The van der Waals surface area contributed by atoms with E-state index in [1.54, 1.807) is 0 Å². The molecule has 0 fully saturated rings. The lowest BCUT2D eigenvalue weighted by Gasteiger charge is -1.94. The molecule has 0 bridgehead atoms. The molecule has 5 nitrogen and oxygen atoms in total. The number of aliphatic hydroxyl groups is 2.